The van der Waals surface area contributed by atoms with Crippen LogP contribution < -0.4 is 0 Å². The maximum atomic E-state index is 12.3. The van der Waals surface area contributed by atoms with Gasteiger partial charge in [0.25, 0.3) is 5.91 Å². The van der Waals surface area contributed by atoms with Gasteiger partial charge in [-0.25, -0.2) is 4.79 Å². The average Bonchev–Trinajstić information content (AvgIpc) is 2.81. The molecule has 1 heterocycles. The normalized spacial score (nSPS) is 19.0. The van der Waals surface area contributed by atoms with E-state index in [2.05, 4.69) is 15.9 Å². The molecule has 18 heavy (non-hydrogen) atoms. The van der Waals surface area contributed by atoms with E-state index in [4.69, 9.17) is 5.11 Å². The van der Waals surface area contributed by atoms with Gasteiger partial charge in [-0.1, -0.05) is 15.9 Å². The molecule has 1 aromatic rings. The van der Waals surface area contributed by atoms with Crippen molar-refractivity contribution in [1.29, 1.82) is 0 Å². The van der Waals surface area contributed by atoms with Crippen LogP contribution in [0.5, 0.6) is 0 Å². The van der Waals surface area contributed by atoms with Gasteiger partial charge in [0.1, 0.15) is 6.04 Å². The van der Waals surface area contributed by atoms with E-state index in [0.29, 0.717) is 17.2 Å². The van der Waals surface area contributed by atoms with Gasteiger partial charge in [-0.05, 0) is 30.7 Å². The van der Waals surface area contributed by atoms with Crippen molar-refractivity contribution < 1.29 is 14.7 Å². The third-order valence-corrected chi connectivity index (χ3v) is 4.74. The van der Waals surface area contributed by atoms with Crippen molar-refractivity contribution in [2.45, 2.75) is 13.0 Å². The lowest BCUT2D eigenvalue weighted by Gasteiger charge is -2.20. The Labute approximate surface area is 117 Å². The molecule has 1 saturated heterocycles. The topological polar surface area (TPSA) is 57.6 Å². The molecule has 1 aliphatic heterocycles. The van der Waals surface area contributed by atoms with Gasteiger partial charge in [-0.3, -0.25) is 4.79 Å². The summed E-state index contributed by atoms with van der Waals surface area (Å²) >= 11 is 4.84. The second-order valence-corrected chi connectivity index (χ2v) is 5.95. The Hall–Kier alpha value is -1.01. The van der Waals surface area contributed by atoms with Crippen LogP contribution in [0.2, 0.25) is 0 Å². The van der Waals surface area contributed by atoms with Crippen molar-refractivity contribution in [1.82, 2.24) is 4.90 Å². The molecular formula is C12H12BrNO3S. The number of carbonyl (C=O) groups is 2. The molecule has 1 aliphatic rings. The lowest BCUT2D eigenvalue weighted by molar-refractivity contribution is -0.140. The number of amides is 1. The van der Waals surface area contributed by atoms with E-state index in [1.165, 1.54) is 16.7 Å². The molecule has 1 N–H and O–H groups in total. The van der Waals surface area contributed by atoms with Gasteiger partial charge in [0.05, 0.1) is 5.88 Å². The summed E-state index contributed by atoms with van der Waals surface area (Å²) in [6, 6.07) is 4.57. The molecule has 0 radical (unpaired) electrons. The van der Waals surface area contributed by atoms with Gasteiger partial charge in [0.15, 0.2) is 0 Å². The molecule has 1 fully saturated rings. The van der Waals surface area contributed by atoms with Gasteiger partial charge in [-0.15, -0.1) is 11.8 Å². The van der Waals surface area contributed by atoms with Crippen molar-refractivity contribution in [2.24, 2.45) is 0 Å². The number of carbonyl (C=O) groups excluding carboxylic acids is 1. The molecule has 0 spiro atoms. The molecule has 2 rings (SSSR count). The number of aliphatic carboxylic acids is 1. The summed E-state index contributed by atoms with van der Waals surface area (Å²) in [5.41, 5.74) is 1.49. The zero-order valence-electron chi connectivity index (χ0n) is 9.72. The highest BCUT2D eigenvalue weighted by molar-refractivity contribution is 9.10. The van der Waals surface area contributed by atoms with Gasteiger partial charge >= 0.3 is 5.97 Å². The first-order valence-electron chi connectivity index (χ1n) is 5.38. The second-order valence-electron chi connectivity index (χ2n) is 4.09. The maximum absolute atomic E-state index is 12.3. The Kier molecular flexibility index (Phi) is 3.97. The van der Waals surface area contributed by atoms with E-state index in [9.17, 15) is 9.59 Å². The van der Waals surface area contributed by atoms with E-state index in [1.807, 2.05) is 13.0 Å². The van der Waals surface area contributed by atoms with Crippen LogP contribution in [0, 0.1) is 6.92 Å². The third kappa shape index (κ3) is 2.54. The fourth-order valence-corrected chi connectivity index (χ4v) is 3.18. The smallest absolute Gasteiger partial charge is 0.327 e. The summed E-state index contributed by atoms with van der Waals surface area (Å²) in [5.74, 6) is -0.271. The Morgan fingerprint density at radius 3 is 2.83 bits per heavy atom. The fourth-order valence-electron chi connectivity index (χ4n) is 1.79. The van der Waals surface area contributed by atoms with Crippen molar-refractivity contribution in [3.8, 4) is 0 Å². The van der Waals surface area contributed by atoms with Crippen molar-refractivity contribution in [3.63, 3.8) is 0 Å². The molecular weight excluding hydrogens is 318 g/mol. The molecule has 1 aromatic carbocycles. The highest BCUT2D eigenvalue weighted by Crippen LogP contribution is 2.25. The molecule has 96 valence electrons. The first-order valence-corrected chi connectivity index (χ1v) is 7.33. The summed E-state index contributed by atoms with van der Waals surface area (Å²) in [5, 5.41) is 9.06. The number of hydrogen-bond acceptors (Lipinski definition) is 3. The predicted octanol–water partition coefficient (Wildman–Crippen LogP) is 2.36. The van der Waals surface area contributed by atoms with Crippen LogP contribution in [0.15, 0.2) is 22.7 Å². The van der Waals surface area contributed by atoms with Crippen LogP contribution in [-0.2, 0) is 4.79 Å². The zero-order valence-corrected chi connectivity index (χ0v) is 12.1. The summed E-state index contributed by atoms with van der Waals surface area (Å²) in [6.07, 6.45) is 0. The SMILES string of the molecule is Cc1cc(C(=O)N2CSCC2C(=O)O)ccc1Br. The van der Waals surface area contributed by atoms with Gasteiger partial charge in [-0.2, -0.15) is 0 Å². The van der Waals surface area contributed by atoms with E-state index in [0.717, 1.165) is 10.0 Å². The number of carboxylic acid groups (broad SMARTS) is 1. The van der Waals surface area contributed by atoms with Crippen LogP contribution in [0.25, 0.3) is 0 Å². The quantitative estimate of drug-likeness (QED) is 0.904. The Bertz CT molecular complexity index is 506. The summed E-state index contributed by atoms with van der Waals surface area (Å²) < 4.78 is 0.935. The fraction of sp³-hybridized carbons (Fsp3) is 0.333. The van der Waals surface area contributed by atoms with E-state index >= 15 is 0 Å². The predicted molar refractivity (Wildman–Crippen MR) is 73.8 cm³/mol. The minimum atomic E-state index is -0.942. The summed E-state index contributed by atoms with van der Waals surface area (Å²) in [4.78, 5) is 24.7. The largest absolute Gasteiger partial charge is 0.480 e. The van der Waals surface area contributed by atoms with Crippen LogP contribution >= 0.6 is 27.7 Å². The number of carboxylic acids is 1. The van der Waals surface area contributed by atoms with Crippen molar-refractivity contribution in [2.75, 3.05) is 11.6 Å². The van der Waals surface area contributed by atoms with Crippen LogP contribution in [0.4, 0.5) is 0 Å². The molecule has 1 amide bonds. The molecule has 0 saturated carbocycles. The summed E-state index contributed by atoms with van der Waals surface area (Å²) in [6.45, 7) is 1.90. The van der Waals surface area contributed by atoms with Gasteiger partial charge in [0, 0.05) is 15.8 Å². The van der Waals surface area contributed by atoms with Crippen LogP contribution in [0.1, 0.15) is 15.9 Å². The number of rotatable bonds is 2. The average molecular weight is 330 g/mol. The Morgan fingerprint density at radius 1 is 1.50 bits per heavy atom. The molecule has 1 unspecified atom stereocenters. The highest BCUT2D eigenvalue weighted by Gasteiger charge is 2.34. The van der Waals surface area contributed by atoms with Crippen LogP contribution in [0.3, 0.4) is 0 Å². The monoisotopic (exact) mass is 329 g/mol. The van der Waals surface area contributed by atoms with E-state index in [1.54, 1.807) is 12.1 Å². The maximum Gasteiger partial charge on any atom is 0.327 e. The minimum Gasteiger partial charge on any atom is -0.480 e. The first kappa shape index (κ1) is 13.4. The molecule has 4 nitrogen and oxygen atoms in total. The second kappa shape index (κ2) is 5.32. The summed E-state index contributed by atoms with van der Waals surface area (Å²) in [7, 11) is 0. The number of halogens is 1. The third-order valence-electron chi connectivity index (χ3n) is 2.83. The van der Waals surface area contributed by atoms with Crippen LogP contribution in [-0.4, -0.2) is 39.6 Å². The first-order chi connectivity index (χ1) is 8.50. The standard InChI is InChI=1S/C12H12BrNO3S/c1-7-4-8(2-3-9(7)13)11(15)14-6-18-5-10(14)12(16)17/h2-4,10H,5-6H2,1H3,(H,16,17). The number of aryl methyl sites for hydroxylation is 1. The molecule has 1 atom stereocenters. The van der Waals surface area contributed by atoms with Crippen molar-refractivity contribution in [3.05, 3.63) is 33.8 Å². The lowest BCUT2D eigenvalue weighted by atomic mass is 10.1. The number of hydrogen-bond donors (Lipinski definition) is 1. The zero-order chi connectivity index (χ0) is 13.3. The number of nitrogens with zero attached hydrogens (tertiary/aromatic N) is 1. The van der Waals surface area contributed by atoms with E-state index < -0.39 is 12.0 Å². The van der Waals surface area contributed by atoms with Gasteiger partial charge in [0.2, 0.25) is 0 Å². The molecule has 0 bridgehead atoms. The number of thioether (sulfide) groups is 1. The lowest BCUT2D eigenvalue weighted by Crippen LogP contribution is -2.41. The molecule has 0 aromatic heterocycles. The minimum absolute atomic E-state index is 0.219. The highest BCUT2D eigenvalue weighted by atomic mass is 79.9. The molecule has 0 aliphatic carbocycles. The van der Waals surface area contributed by atoms with Crippen molar-refractivity contribution >= 4 is 39.6 Å². The Balaban J connectivity index is 2.25. The Morgan fingerprint density at radius 2 is 2.22 bits per heavy atom. The van der Waals surface area contributed by atoms with Gasteiger partial charge < -0.3 is 10.0 Å². The number of benzene rings is 1. The molecule has 6 heteroatoms. The van der Waals surface area contributed by atoms with E-state index in [-0.39, 0.29) is 5.91 Å².